The number of aryl methyl sites for hydroxylation is 1. The van der Waals surface area contributed by atoms with E-state index < -0.39 is 53.2 Å². The molecule has 0 unspecified atom stereocenters. The van der Waals surface area contributed by atoms with E-state index in [4.69, 9.17) is 24.2 Å². The van der Waals surface area contributed by atoms with Crippen LogP contribution in [0.15, 0.2) is 35.7 Å². The van der Waals surface area contributed by atoms with Crippen molar-refractivity contribution < 1.29 is 38.5 Å². The number of thiazole rings is 1. The molecule has 6 rings (SSSR count). The zero-order valence-corrected chi connectivity index (χ0v) is 32.9. The Bertz CT molecular complexity index is 1950. The summed E-state index contributed by atoms with van der Waals surface area (Å²) in [5.41, 5.74) is 0.815. The van der Waals surface area contributed by atoms with E-state index in [-0.39, 0.29) is 31.2 Å². The molecule has 2 fully saturated rings. The predicted octanol–water partition coefficient (Wildman–Crippen LogP) is 6.52. The van der Waals surface area contributed by atoms with Crippen LogP contribution in [-0.4, -0.2) is 86.8 Å². The maximum Gasteiger partial charge on any atom is 0.408 e. The van der Waals surface area contributed by atoms with Gasteiger partial charge >= 0.3 is 12.1 Å². The van der Waals surface area contributed by atoms with E-state index in [1.54, 1.807) is 27.9 Å². The fourth-order valence-electron chi connectivity index (χ4n) is 7.25. The number of aromatic nitrogens is 2. The number of carboxylic acid groups (broad SMARTS) is 1. The molecule has 1 saturated carbocycles. The van der Waals surface area contributed by atoms with Crippen molar-refractivity contribution in [2.45, 2.75) is 122 Å². The number of nitrogens with one attached hydrogen (secondary N) is 2. The molecule has 3 amide bonds. The summed E-state index contributed by atoms with van der Waals surface area (Å²) in [6.07, 6.45) is 6.16. The van der Waals surface area contributed by atoms with E-state index in [0.717, 1.165) is 40.9 Å². The molecule has 2 aromatic heterocycles. The lowest BCUT2D eigenvalue weighted by atomic mass is 10.0. The van der Waals surface area contributed by atoms with Gasteiger partial charge in [-0.3, -0.25) is 9.59 Å². The SMILES string of the molecule is COc1ccc2c(O[C@@H]3C[C@H]4C(=O)N[C@]5(C(=O)O)C[C@H]5/C=C\CCCCC[C@H](NC(=O)OC(C)(C)C)C(=O)N4C3)cc(-c3nc(C(C)C)cs3)nc2c1C. The van der Waals surface area contributed by atoms with Gasteiger partial charge in [0.15, 0.2) is 0 Å². The number of nitrogens with zero attached hydrogens (tertiary/aromatic N) is 3. The molecule has 3 aromatic rings. The first-order valence-electron chi connectivity index (χ1n) is 18.7. The third-order valence-electron chi connectivity index (χ3n) is 10.3. The van der Waals surface area contributed by atoms with E-state index >= 15 is 0 Å². The molecule has 0 radical (unpaired) electrons. The smallest absolute Gasteiger partial charge is 0.408 e. The third kappa shape index (κ3) is 8.33. The van der Waals surface area contributed by atoms with Crippen LogP contribution in [0.5, 0.6) is 11.5 Å². The van der Waals surface area contributed by atoms with Gasteiger partial charge in [-0.15, -0.1) is 11.3 Å². The molecule has 4 heterocycles. The number of fused-ring (bicyclic) bond motifs is 3. The molecule has 5 atom stereocenters. The first-order valence-corrected chi connectivity index (χ1v) is 19.6. The molecular formula is C40H51N5O8S. The zero-order chi connectivity index (χ0) is 38.9. The van der Waals surface area contributed by atoms with Crippen LogP contribution < -0.4 is 20.1 Å². The molecule has 1 aromatic carbocycles. The minimum absolute atomic E-state index is 0.0237. The number of ether oxygens (including phenoxy) is 3. The molecule has 290 valence electrons. The highest BCUT2D eigenvalue weighted by Gasteiger charge is 2.61. The van der Waals surface area contributed by atoms with E-state index in [2.05, 4.69) is 24.5 Å². The molecule has 1 aliphatic carbocycles. The Balaban J connectivity index is 1.37. The first-order chi connectivity index (χ1) is 25.6. The van der Waals surface area contributed by atoms with Crippen LogP contribution in [0, 0.1) is 12.8 Å². The van der Waals surface area contributed by atoms with Crippen molar-refractivity contribution in [1.29, 1.82) is 0 Å². The molecule has 54 heavy (non-hydrogen) atoms. The summed E-state index contributed by atoms with van der Waals surface area (Å²) < 4.78 is 17.9. The molecule has 0 bridgehead atoms. The second-order valence-corrected chi connectivity index (χ2v) is 16.7. The zero-order valence-electron chi connectivity index (χ0n) is 32.1. The van der Waals surface area contributed by atoms with Crippen molar-refractivity contribution in [3.8, 4) is 22.2 Å². The first kappa shape index (κ1) is 39.0. The van der Waals surface area contributed by atoms with Crippen LogP contribution in [-0.2, 0) is 19.1 Å². The number of hydrogen-bond acceptors (Lipinski definition) is 10. The highest BCUT2D eigenvalue weighted by atomic mass is 32.1. The average molecular weight is 762 g/mol. The average Bonchev–Trinajstić information content (AvgIpc) is 3.40. The maximum atomic E-state index is 14.5. The fraction of sp³-hybridized carbons (Fsp3) is 0.550. The summed E-state index contributed by atoms with van der Waals surface area (Å²) in [4.78, 5) is 65.5. The number of carbonyl (C=O) groups excluding carboxylic acids is 3. The number of alkyl carbamates (subject to hydrolysis) is 1. The van der Waals surface area contributed by atoms with E-state index in [9.17, 15) is 24.3 Å². The van der Waals surface area contributed by atoms with Crippen molar-refractivity contribution in [2.75, 3.05) is 13.7 Å². The summed E-state index contributed by atoms with van der Waals surface area (Å²) in [5, 5.41) is 19.3. The van der Waals surface area contributed by atoms with Crippen LogP contribution in [0.25, 0.3) is 21.6 Å². The normalized spacial score (nSPS) is 25.5. The number of hydrogen-bond donors (Lipinski definition) is 3. The number of benzene rings is 1. The molecule has 2 aliphatic heterocycles. The Morgan fingerprint density at radius 3 is 2.59 bits per heavy atom. The molecular weight excluding hydrogens is 711 g/mol. The van der Waals surface area contributed by atoms with Gasteiger partial charge in [-0.05, 0) is 71.4 Å². The molecule has 3 N–H and O–H groups in total. The van der Waals surface area contributed by atoms with Gasteiger partial charge in [0.2, 0.25) is 11.8 Å². The van der Waals surface area contributed by atoms with Gasteiger partial charge in [-0.25, -0.2) is 19.6 Å². The van der Waals surface area contributed by atoms with Crippen molar-refractivity contribution in [1.82, 2.24) is 25.5 Å². The lowest BCUT2D eigenvalue weighted by Gasteiger charge is -2.30. The fourth-order valence-corrected chi connectivity index (χ4v) is 8.19. The number of methoxy groups -OCH3 is 1. The van der Waals surface area contributed by atoms with Gasteiger partial charge in [-0.2, -0.15) is 0 Å². The van der Waals surface area contributed by atoms with Crippen molar-refractivity contribution >= 4 is 46.1 Å². The third-order valence-corrected chi connectivity index (χ3v) is 11.2. The van der Waals surface area contributed by atoms with Crippen LogP contribution in [0.2, 0.25) is 0 Å². The van der Waals surface area contributed by atoms with Gasteiger partial charge in [-0.1, -0.05) is 38.8 Å². The molecule has 13 nitrogen and oxygen atoms in total. The van der Waals surface area contributed by atoms with Gasteiger partial charge in [0.25, 0.3) is 0 Å². The number of carboxylic acids is 1. The van der Waals surface area contributed by atoms with Crippen LogP contribution in [0.4, 0.5) is 4.79 Å². The summed E-state index contributed by atoms with van der Waals surface area (Å²) in [7, 11) is 1.60. The molecule has 1 saturated heterocycles. The second kappa shape index (κ2) is 15.6. The van der Waals surface area contributed by atoms with Crippen molar-refractivity contribution in [3.05, 3.63) is 47.0 Å². The van der Waals surface area contributed by atoms with Gasteiger partial charge in [0, 0.05) is 34.7 Å². The summed E-state index contributed by atoms with van der Waals surface area (Å²) in [5.74, 6) is -1.11. The van der Waals surface area contributed by atoms with Crippen LogP contribution in [0.1, 0.15) is 96.7 Å². The summed E-state index contributed by atoms with van der Waals surface area (Å²) in [6, 6.07) is 3.53. The number of pyridine rings is 1. The highest BCUT2D eigenvalue weighted by Crippen LogP contribution is 2.46. The van der Waals surface area contributed by atoms with Gasteiger partial charge < -0.3 is 34.9 Å². The Morgan fingerprint density at radius 2 is 1.91 bits per heavy atom. The molecule has 0 spiro atoms. The topological polar surface area (TPSA) is 169 Å². The van der Waals surface area contributed by atoms with E-state index in [1.165, 1.54) is 16.2 Å². The molecule has 3 aliphatic rings. The second-order valence-electron chi connectivity index (χ2n) is 15.9. The highest BCUT2D eigenvalue weighted by molar-refractivity contribution is 7.13. The Hall–Kier alpha value is -4.72. The van der Waals surface area contributed by atoms with Crippen molar-refractivity contribution in [2.24, 2.45) is 5.92 Å². The molecule has 14 heteroatoms. The number of allylic oxidation sites excluding steroid dienone is 1. The van der Waals surface area contributed by atoms with Gasteiger partial charge in [0.05, 0.1) is 24.9 Å². The van der Waals surface area contributed by atoms with Crippen LogP contribution >= 0.6 is 11.3 Å². The van der Waals surface area contributed by atoms with Crippen molar-refractivity contribution in [3.63, 3.8) is 0 Å². The maximum absolute atomic E-state index is 14.5. The Kier molecular flexibility index (Phi) is 11.2. The minimum atomic E-state index is -1.45. The lowest BCUT2D eigenvalue weighted by Crippen LogP contribution is -2.56. The predicted molar refractivity (Wildman–Crippen MR) is 205 cm³/mol. The largest absolute Gasteiger partial charge is 0.496 e. The Labute approximate surface area is 319 Å². The lowest BCUT2D eigenvalue weighted by molar-refractivity contribution is -0.145. The standard InChI is InChI=1S/C40H51N5O8S/c1-22(2)29-21-54-35(42-29)28-18-32(26-15-16-31(51-7)23(3)33(26)41-28)52-25-17-30-34(46)44-40(37(48)49)19-24(40)13-11-9-8-10-12-14-27(36(47)45(30)20-25)43-38(50)53-39(4,5)6/h11,13,15-16,18,21-22,24-25,27,30H,8-10,12,14,17,19-20H2,1-7H3,(H,43,50)(H,44,46)(H,48,49)/b13-11-/t24-,25-,27+,30+,40-/m1/s1. The minimum Gasteiger partial charge on any atom is -0.496 e. The quantitative estimate of drug-likeness (QED) is 0.226. The number of rotatable bonds is 7. The number of aliphatic carboxylic acids is 1. The summed E-state index contributed by atoms with van der Waals surface area (Å²) >= 11 is 1.49. The Morgan fingerprint density at radius 1 is 1.13 bits per heavy atom. The number of amides is 3. The number of carbonyl (C=O) groups is 4. The van der Waals surface area contributed by atoms with E-state index in [1.807, 2.05) is 42.7 Å². The summed E-state index contributed by atoms with van der Waals surface area (Å²) in [6.45, 7) is 11.3. The van der Waals surface area contributed by atoms with E-state index in [0.29, 0.717) is 35.6 Å². The van der Waals surface area contributed by atoms with Gasteiger partial charge in [0.1, 0.15) is 51.5 Å². The monoisotopic (exact) mass is 761 g/mol. The van der Waals surface area contributed by atoms with Crippen LogP contribution in [0.3, 0.4) is 0 Å².